The third-order valence-electron chi connectivity index (χ3n) is 1.85. The van der Waals surface area contributed by atoms with Crippen LogP contribution in [0.15, 0.2) is 0 Å². The molecule has 1 atom stereocenters. The Labute approximate surface area is 102 Å². The van der Waals surface area contributed by atoms with Gasteiger partial charge in [-0.1, -0.05) is 5.92 Å². The van der Waals surface area contributed by atoms with E-state index in [9.17, 15) is 8.42 Å². The van der Waals surface area contributed by atoms with Crippen molar-refractivity contribution in [2.75, 3.05) is 19.0 Å². The average Bonchev–Trinajstić information content (AvgIpc) is 2.56. The van der Waals surface area contributed by atoms with Gasteiger partial charge < -0.3 is 9.11 Å². The highest BCUT2D eigenvalue weighted by Gasteiger charge is 2.33. The molecule has 0 aliphatic carbocycles. The summed E-state index contributed by atoms with van der Waals surface area (Å²) < 4.78 is 54.2. The molecule has 1 fully saturated rings. The van der Waals surface area contributed by atoms with E-state index >= 15 is 0 Å². The lowest BCUT2D eigenvalue weighted by atomic mass is 10.3. The molecule has 9 heteroatoms. The highest BCUT2D eigenvalue weighted by molar-refractivity contribution is 8.20. The minimum absolute atomic E-state index is 0.0865. The summed E-state index contributed by atoms with van der Waals surface area (Å²) in [5.74, 6) is 4.96. The van der Waals surface area contributed by atoms with E-state index < -0.39 is 27.4 Å². The van der Waals surface area contributed by atoms with Gasteiger partial charge in [-0.15, -0.1) is 5.92 Å². The van der Waals surface area contributed by atoms with Gasteiger partial charge in [-0.3, -0.25) is 4.18 Å². The maximum atomic E-state index is 11.1. The molecule has 1 unspecified atom stereocenters. The van der Waals surface area contributed by atoms with E-state index in [1.165, 1.54) is 0 Å². The van der Waals surface area contributed by atoms with Crippen molar-refractivity contribution in [1.82, 2.24) is 0 Å². The minimum atomic E-state index is -4.12. The zero-order chi connectivity index (χ0) is 12.9. The highest BCUT2D eigenvalue weighted by atomic mass is 32.3. The van der Waals surface area contributed by atoms with E-state index in [1.54, 1.807) is 6.92 Å². The second kappa shape index (κ2) is 6.01. The molecule has 0 saturated carbocycles. The van der Waals surface area contributed by atoms with Gasteiger partial charge >= 0.3 is 10.4 Å². The fourth-order valence-corrected chi connectivity index (χ4v) is 2.92. The van der Waals surface area contributed by atoms with Crippen molar-refractivity contribution in [1.29, 1.82) is 0 Å². The molecule has 7 nitrogen and oxygen atoms in total. The predicted octanol–water partition coefficient (Wildman–Crippen LogP) is 0.742. The summed E-state index contributed by atoms with van der Waals surface area (Å²) in [5.41, 5.74) is 0. The lowest BCUT2D eigenvalue weighted by Gasteiger charge is -2.19. The van der Waals surface area contributed by atoms with Crippen molar-refractivity contribution in [3.8, 4) is 11.8 Å². The van der Waals surface area contributed by atoms with E-state index in [4.69, 9.17) is 13.3 Å². The first-order valence-electron chi connectivity index (χ1n) is 4.72. The molecule has 0 amide bonds. The van der Waals surface area contributed by atoms with Gasteiger partial charge in [-0.2, -0.15) is 8.42 Å². The Bertz CT molecular complexity index is 405. The van der Waals surface area contributed by atoms with Crippen LogP contribution >= 0.6 is 10.9 Å². The van der Waals surface area contributed by atoms with Crippen LogP contribution in [-0.4, -0.2) is 42.6 Å². The molecule has 1 saturated heterocycles. The number of hydrogen-bond donors (Lipinski definition) is 2. The summed E-state index contributed by atoms with van der Waals surface area (Å²) in [4.78, 5) is 0. The van der Waals surface area contributed by atoms with Crippen molar-refractivity contribution < 1.29 is 30.1 Å². The van der Waals surface area contributed by atoms with Crippen molar-refractivity contribution in [2.24, 2.45) is 0 Å². The summed E-state index contributed by atoms with van der Waals surface area (Å²) in [6.45, 7) is 0.964. The fourth-order valence-electron chi connectivity index (χ4n) is 1.08. The van der Waals surface area contributed by atoms with Gasteiger partial charge in [0.1, 0.15) is 12.7 Å². The third-order valence-corrected chi connectivity index (χ3v) is 4.03. The van der Waals surface area contributed by atoms with E-state index in [1.807, 2.05) is 0 Å². The molecule has 0 aromatic carbocycles. The third kappa shape index (κ3) is 5.69. The van der Waals surface area contributed by atoms with E-state index in [0.29, 0.717) is 6.42 Å². The Hall–Kier alpha value is -0.340. The normalized spacial score (nSPS) is 25.0. The van der Waals surface area contributed by atoms with Crippen LogP contribution in [0, 0.1) is 11.8 Å². The molecule has 1 aliphatic heterocycles. The SMILES string of the molecule is CC#CCOS(=O)(=O)OCC1CCS(O)(O)O1. The van der Waals surface area contributed by atoms with Crippen LogP contribution in [0.25, 0.3) is 0 Å². The highest BCUT2D eigenvalue weighted by Crippen LogP contribution is 2.48. The van der Waals surface area contributed by atoms with Crippen LogP contribution in [0.2, 0.25) is 0 Å². The Morgan fingerprint density at radius 1 is 1.47 bits per heavy atom. The van der Waals surface area contributed by atoms with Gasteiger partial charge in [-0.05, 0) is 13.3 Å². The first kappa shape index (κ1) is 14.7. The van der Waals surface area contributed by atoms with Gasteiger partial charge in [0.25, 0.3) is 0 Å². The summed E-state index contributed by atoms with van der Waals surface area (Å²) >= 11 is 0. The molecule has 0 radical (unpaired) electrons. The molecule has 1 heterocycles. The smallest absolute Gasteiger partial charge is 0.308 e. The fraction of sp³-hybridized carbons (Fsp3) is 0.750. The molecule has 0 aromatic rings. The zero-order valence-corrected chi connectivity index (χ0v) is 10.8. The first-order chi connectivity index (χ1) is 7.85. The van der Waals surface area contributed by atoms with E-state index in [2.05, 4.69) is 20.2 Å². The number of rotatable bonds is 5. The Balaban J connectivity index is 2.32. The molecule has 0 bridgehead atoms. The van der Waals surface area contributed by atoms with Crippen LogP contribution in [0.3, 0.4) is 0 Å². The molecule has 1 aliphatic rings. The van der Waals surface area contributed by atoms with E-state index in [0.717, 1.165) is 0 Å². The molecular weight excluding hydrogens is 272 g/mol. The Kier molecular flexibility index (Phi) is 5.21. The van der Waals surface area contributed by atoms with Crippen molar-refractivity contribution in [3.05, 3.63) is 0 Å². The topological polar surface area (TPSA) is 102 Å². The Morgan fingerprint density at radius 3 is 2.71 bits per heavy atom. The van der Waals surface area contributed by atoms with Crippen LogP contribution in [0.5, 0.6) is 0 Å². The van der Waals surface area contributed by atoms with Gasteiger partial charge in [0, 0.05) is 5.75 Å². The molecule has 0 aromatic heterocycles. The Morgan fingerprint density at radius 2 is 2.18 bits per heavy atom. The quantitative estimate of drug-likeness (QED) is 0.719. The number of hydrogen-bond acceptors (Lipinski definition) is 7. The van der Waals surface area contributed by atoms with Crippen molar-refractivity contribution in [3.63, 3.8) is 0 Å². The molecule has 0 spiro atoms. The largest absolute Gasteiger partial charge is 0.400 e. The summed E-state index contributed by atoms with van der Waals surface area (Å²) in [7, 11) is -7.14. The van der Waals surface area contributed by atoms with Crippen LogP contribution in [-0.2, 0) is 22.9 Å². The minimum Gasteiger partial charge on any atom is -0.308 e. The molecular formula is C8H14O7S2. The molecule has 2 N–H and O–H groups in total. The van der Waals surface area contributed by atoms with E-state index in [-0.39, 0.29) is 19.0 Å². The average molecular weight is 286 g/mol. The van der Waals surface area contributed by atoms with Gasteiger partial charge in [0.2, 0.25) is 0 Å². The summed E-state index contributed by atoms with van der Waals surface area (Å²) in [6, 6.07) is 0. The second-order valence-electron chi connectivity index (χ2n) is 3.20. The predicted molar refractivity (Wildman–Crippen MR) is 61.5 cm³/mol. The molecule has 17 heavy (non-hydrogen) atoms. The van der Waals surface area contributed by atoms with Crippen molar-refractivity contribution >= 4 is 21.3 Å². The van der Waals surface area contributed by atoms with Gasteiger partial charge in [0.05, 0.1) is 17.5 Å². The van der Waals surface area contributed by atoms with Crippen molar-refractivity contribution in [2.45, 2.75) is 19.4 Å². The first-order valence-corrected chi connectivity index (χ1v) is 7.69. The van der Waals surface area contributed by atoms with Crippen LogP contribution in [0.4, 0.5) is 0 Å². The lowest BCUT2D eigenvalue weighted by Crippen LogP contribution is -2.20. The standard InChI is InChI=1S/C8H14O7S2/c1-2-3-5-13-17(11,12)14-7-8-4-6-16(9,10)15-8/h8-10H,4-7H2,1H3. The van der Waals surface area contributed by atoms with Gasteiger partial charge in [-0.25, -0.2) is 8.37 Å². The zero-order valence-electron chi connectivity index (χ0n) is 9.16. The summed E-state index contributed by atoms with van der Waals surface area (Å²) in [5, 5.41) is 0. The maximum absolute atomic E-state index is 11.1. The monoisotopic (exact) mass is 286 g/mol. The van der Waals surface area contributed by atoms with Crippen LogP contribution in [0.1, 0.15) is 13.3 Å². The lowest BCUT2D eigenvalue weighted by molar-refractivity contribution is 0.125. The second-order valence-corrected chi connectivity index (χ2v) is 6.30. The van der Waals surface area contributed by atoms with Gasteiger partial charge in [0.15, 0.2) is 0 Å². The molecule has 1 rings (SSSR count). The molecule has 100 valence electrons. The van der Waals surface area contributed by atoms with Crippen LogP contribution < -0.4 is 0 Å². The maximum Gasteiger partial charge on any atom is 0.400 e. The summed E-state index contributed by atoms with van der Waals surface area (Å²) in [6.07, 6.45) is -0.331.